The predicted octanol–water partition coefficient (Wildman–Crippen LogP) is -3.61. The van der Waals surface area contributed by atoms with E-state index in [0.717, 1.165) is 0 Å². The Balaban J connectivity index is 0. The molecule has 0 unspecified atom stereocenters. The third kappa shape index (κ3) is 6.38. The molecule has 2 rings (SSSR count). The zero-order valence-electron chi connectivity index (χ0n) is 14.9. The topological polar surface area (TPSA) is 162 Å². The number of rotatable bonds is 2. The van der Waals surface area contributed by atoms with Crippen LogP contribution in [0, 0.1) is 13.8 Å². The van der Waals surface area contributed by atoms with Crippen molar-refractivity contribution in [1.29, 1.82) is 0 Å². The van der Waals surface area contributed by atoms with Gasteiger partial charge >= 0.3 is 19.5 Å². The van der Waals surface area contributed by atoms with E-state index in [4.69, 9.17) is 0 Å². The van der Waals surface area contributed by atoms with E-state index in [-0.39, 0.29) is 36.1 Å². The van der Waals surface area contributed by atoms with Gasteiger partial charge in [0.15, 0.2) is 17.3 Å². The minimum atomic E-state index is -1.43. The number of aromatic carboxylic acids is 2. The quantitative estimate of drug-likeness (QED) is 0.279. The first kappa shape index (κ1) is 25.7. The van der Waals surface area contributed by atoms with Crippen molar-refractivity contribution in [2.45, 2.75) is 13.8 Å². The summed E-state index contributed by atoms with van der Waals surface area (Å²) in [5.74, 6) is -3.38. The summed E-state index contributed by atoms with van der Waals surface area (Å²) in [4.78, 5) is 31.7. The van der Waals surface area contributed by atoms with Gasteiger partial charge in [0, 0.05) is 31.9 Å². The Kier molecular flexibility index (Phi) is 10.3. The number of pyridine rings is 2. The standard InChI is InChI=1S/2C8H9NO3.H2O.Zn/c2*1-5-3-7(10)6(8(11)12)4-9(5)2;;/h2*3-4H,1-2H3,(H,11,12);1H2;/q;;;+2/p-1. The van der Waals surface area contributed by atoms with E-state index in [9.17, 15) is 29.7 Å². The first-order valence-corrected chi connectivity index (χ1v) is 6.81. The van der Waals surface area contributed by atoms with Crippen LogP contribution in [0.3, 0.4) is 0 Å². The van der Waals surface area contributed by atoms with Crippen LogP contribution in [-0.4, -0.2) is 16.5 Å². The molecule has 2 aromatic heterocycles. The van der Waals surface area contributed by atoms with Gasteiger partial charge < -0.3 is 35.0 Å². The fourth-order valence-electron chi connectivity index (χ4n) is 1.76. The summed E-state index contributed by atoms with van der Waals surface area (Å²) in [5, 5.41) is 31.7. The van der Waals surface area contributed by atoms with E-state index in [1.807, 2.05) is 0 Å². The van der Waals surface area contributed by atoms with Crippen molar-refractivity contribution in [2.24, 2.45) is 14.1 Å². The van der Waals surface area contributed by atoms with Crippen LogP contribution in [0.2, 0.25) is 0 Å². The second kappa shape index (κ2) is 10.4. The molecule has 136 valence electrons. The molecule has 0 aliphatic rings. The maximum absolute atomic E-state index is 11.0. The molecule has 0 aliphatic carbocycles. The molecule has 0 fully saturated rings. The number of carboxylic acids is 2. The molecule has 0 bridgehead atoms. The van der Waals surface area contributed by atoms with Gasteiger partial charge in [0.25, 0.3) is 0 Å². The molecular weight excluding hydrogens is 398 g/mol. The zero-order chi connectivity index (χ0) is 18.6. The molecule has 9 nitrogen and oxygen atoms in total. The van der Waals surface area contributed by atoms with Gasteiger partial charge in [-0.1, -0.05) is 5.75 Å². The molecule has 3 N–H and O–H groups in total. The number of aryl methyl sites for hydroxylation is 4. The van der Waals surface area contributed by atoms with Crippen LogP contribution in [0.5, 0.6) is 5.75 Å². The summed E-state index contributed by atoms with van der Waals surface area (Å²) >= 11 is 0. The minimum absolute atomic E-state index is 0. The first-order chi connectivity index (χ1) is 11.0. The minimum Gasteiger partial charge on any atom is -0.872 e. The number of nitrogens with zero attached hydrogens (tertiary/aromatic N) is 2. The summed E-state index contributed by atoms with van der Waals surface area (Å²) in [6.07, 6.45) is 2.51. The number of hydrogen-bond acceptors (Lipinski definition) is 6. The summed E-state index contributed by atoms with van der Waals surface area (Å²) in [5.41, 5.74) is 0.312. The Morgan fingerprint density at radius 3 is 2.04 bits per heavy atom. The van der Waals surface area contributed by atoms with E-state index in [2.05, 4.69) is 0 Å². The molecule has 0 radical (unpaired) electrons. The van der Waals surface area contributed by atoms with Gasteiger partial charge in [-0.25, -0.2) is 4.57 Å². The Morgan fingerprint density at radius 2 is 1.58 bits per heavy atom. The molecule has 0 saturated carbocycles. The van der Waals surface area contributed by atoms with Gasteiger partial charge in [0.05, 0.1) is 23.1 Å². The molecule has 0 amide bonds. The average molecular weight is 417 g/mol. The Bertz CT molecular complexity index is 862. The fourth-order valence-corrected chi connectivity index (χ4v) is 1.76. The number of carboxylic acid groups (broad SMARTS) is 2. The Morgan fingerprint density at radius 1 is 1.08 bits per heavy atom. The van der Waals surface area contributed by atoms with Crippen LogP contribution in [0.25, 0.3) is 0 Å². The Labute approximate surface area is 162 Å². The Hall–Kier alpha value is -2.58. The van der Waals surface area contributed by atoms with E-state index in [1.54, 1.807) is 37.1 Å². The van der Waals surface area contributed by atoms with Gasteiger partial charge in [-0.3, -0.25) is 4.79 Å². The summed E-state index contributed by atoms with van der Waals surface area (Å²) in [6, 6.07) is 2.54. The first-order valence-electron chi connectivity index (χ1n) is 6.81. The van der Waals surface area contributed by atoms with Gasteiger partial charge in [0.2, 0.25) is 0 Å². The maximum Gasteiger partial charge on any atom is 2.00 e. The van der Waals surface area contributed by atoms with Crippen LogP contribution in [-0.2, 0) is 39.0 Å². The van der Waals surface area contributed by atoms with Crippen molar-refractivity contribution in [3.8, 4) is 5.75 Å². The molecule has 0 spiro atoms. The third-order valence-electron chi connectivity index (χ3n) is 3.41. The second-order valence-electron chi connectivity index (χ2n) is 5.18. The molecule has 0 aliphatic heterocycles. The van der Waals surface area contributed by atoms with Crippen molar-refractivity contribution >= 4 is 11.9 Å². The van der Waals surface area contributed by atoms with Gasteiger partial charge in [0.1, 0.15) is 7.05 Å². The second-order valence-corrected chi connectivity index (χ2v) is 5.18. The number of aromatic nitrogens is 2. The molecule has 26 heavy (non-hydrogen) atoms. The van der Waals surface area contributed by atoms with Crippen molar-refractivity contribution in [1.82, 2.24) is 4.57 Å². The van der Waals surface area contributed by atoms with Crippen molar-refractivity contribution in [2.75, 3.05) is 0 Å². The van der Waals surface area contributed by atoms with Crippen molar-refractivity contribution < 1.29 is 54.4 Å². The third-order valence-corrected chi connectivity index (χ3v) is 3.41. The molecular formula is C16H19N2O7Zn+. The van der Waals surface area contributed by atoms with Crippen LogP contribution in [0.4, 0.5) is 0 Å². The molecule has 0 aromatic carbocycles. The summed E-state index contributed by atoms with van der Waals surface area (Å²) < 4.78 is 3.12. The fraction of sp³-hybridized carbons (Fsp3) is 0.250. The van der Waals surface area contributed by atoms with E-state index < -0.39 is 23.1 Å². The SMILES string of the molecule is Cc1cc(=O)c(C(=O)[O-])cn1C.Cc1cc([O-])c(C(=O)[O-])c[n+]1C.[OH3+].[Zn+2]. The number of hydrogen-bond donors (Lipinski definition) is 0. The van der Waals surface area contributed by atoms with Gasteiger partial charge in [-0.15, -0.1) is 0 Å². The maximum atomic E-state index is 11.0. The van der Waals surface area contributed by atoms with E-state index in [1.165, 1.54) is 24.5 Å². The van der Waals surface area contributed by atoms with Gasteiger partial charge in [-0.05, 0) is 13.0 Å². The van der Waals surface area contributed by atoms with Crippen LogP contribution >= 0.6 is 0 Å². The summed E-state index contributed by atoms with van der Waals surface area (Å²) in [6.45, 7) is 3.45. The summed E-state index contributed by atoms with van der Waals surface area (Å²) in [7, 11) is 3.34. The average Bonchev–Trinajstić information content (AvgIpc) is 2.46. The normalized spacial score (nSPS) is 9.08. The zero-order valence-corrected chi connectivity index (χ0v) is 17.9. The molecule has 0 atom stereocenters. The predicted molar refractivity (Wildman–Crippen MR) is 81.8 cm³/mol. The van der Waals surface area contributed by atoms with Crippen molar-refractivity contribution in [3.05, 3.63) is 57.3 Å². The number of carbonyl (C=O) groups excluding carboxylic acids is 2. The molecule has 10 heteroatoms. The van der Waals surface area contributed by atoms with E-state index in [0.29, 0.717) is 11.4 Å². The van der Waals surface area contributed by atoms with E-state index >= 15 is 0 Å². The molecule has 2 heterocycles. The van der Waals surface area contributed by atoms with Crippen LogP contribution in [0.15, 0.2) is 29.3 Å². The smallest absolute Gasteiger partial charge is 0.872 e. The largest absolute Gasteiger partial charge is 2.00 e. The van der Waals surface area contributed by atoms with Crippen LogP contribution in [0.1, 0.15) is 32.1 Å². The molecule has 0 saturated heterocycles. The molecule has 2 aromatic rings. The van der Waals surface area contributed by atoms with Crippen molar-refractivity contribution in [3.63, 3.8) is 0 Å². The van der Waals surface area contributed by atoms with Crippen LogP contribution < -0.4 is 25.3 Å². The van der Waals surface area contributed by atoms with Gasteiger partial charge in [-0.2, -0.15) is 0 Å². The number of carbonyl (C=O) groups is 2. The monoisotopic (exact) mass is 415 g/mol.